The number of hydrogen-bond acceptors (Lipinski definition) is 3. The van der Waals surface area contributed by atoms with Crippen LogP contribution in [0.15, 0.2) is 24.3 Å². The highest BCUT2D eigenvalue weighted by atomic mass is 16.5. The van der Waals surface area contributed by atoms with Gasteiger partial charge in [-0.15, -0.1) is 0 Å². The molecule has 3 rings (SSSR count). The van der Waals surface area contributed by atoms with Crippen molar-refractivity contribution in [3.05, 3.63) is 35.4 Å². The molecule has 2 fully saturated rings. The van der Waals surface area contributed by atoms with Gasteiger partial charge in [0.05, 0.1) is 6.10 Å². The lowest BCUT2D eigenvalue weighted by molar-refractivity contribution is 0.00502. The van der Waals surface area contributed by atoms with Crippen LogP contribution in [0.1, 0.15) is 68.0 Å². The molecule has 20 heavy (non-hydrogen) atoms. The molecule has 3 N–H and O–H groups in total. The maximum atomic E-state index is 5.85. The Morgan fingerprint density at radius 3 is 2.75 bits per heavy atom. The van der Waals surface area contributed by atoms with Crippen molar-refractivity contribution in [3.8, 4) is 0 Å². The molecule has 3 nitrogen and oxygen atoms in total. The van der Waals surface area contributed by atoms with E-state index in [-0.39, 0.29) is 6.04 Å². The van der Waals surface area contributed by atoms with Crippen molar-refractivity contribution < 1.29 is 4.74 Å². The summed E-state index contributed by atoms with van der Waals surface area (Å²) < 4.78 is 5.85. The quantitative estimate of drug-likeness (QED) is 0.639. The second-order valence-corrected chi connectivity index (χ2v) is 6.24. The zero-order chi connectivity index (χ0) is 13.8. The molecule has 0 bridgehead atoms. The van der Waals surface area contributed by atoms with Crippen molar-refractivity contribution in [3.63, 3.8) is 0 Å². The van der Waals surface area contributed by atoms with Crippen molar-refractivity contribution in [2.45, 2.75) is 63.0 Å². The molecule has 2 atom stereocenters. The van der Waals surface area contributed by atoms with E-state index < -0.39 is 0 Å². The molecule has 2 unspecified atom stereocenters. The Morgan fingerprint density at radius 2 is 2.10 bits per heavy atom. The minimum Gasteiger partial charge on any atom is -0.378 e. The first-order chi connectivity index (χ1) is 9.86. The minimum absolute atomic E-state index is 0.207. The van der Waals surface area contributed by atoms with E-state index in [0.717, 1.165) is 18.9 Å². The number of benzene rings is 1. The molecule has 0 radical (unpaired) electrons. The summed E-state index contributed by atoms with van der Waals surface area (Å²) in [7, 11) is 0. The van der Waals surface area contributed by atoms with Crippen molar-refractivity contribution in [2.24, 2.45) is 5.84 Å². The highest BCUT2D eigenvalue weighted by Gasteiger charge is 2.23. The van der Waals surface area contributed by atoms with Crippen LogP contribution in [0.4, 0.5) is 0 Å². The van der Waals surface area contributed by atoms with Crippen molar-refractivity contribution in [1.29, 1.82) is 0 Å². The average molecular weight is 274 g/mol. The standard InChI is InChI=1S/C17H26N2O/c18-19-17(12-16-9-1-2-10-20-16)15-8-4-7-14(11-15)13-5-3-6-13/h4,7-8,11,13,16-17,19H,1-3,5-6,9-10,12,18H2. The summed E-state index contributed by atoms with van der Waals surface area (Å²) in [4.78, 5) is 0. The SMILES string of the molecule is NNC(CC1CCCCO1)c1cccc(C2CCC2)c1. The van der Waals surface area contributed by atoms with Gasteiger partial charge in [0, 0.05) is 12.6 Å². The Bertz CT molecular complexity index is 425. The van der Waals surface area contributed by atoms with Gasteiger partial charge in [-0.25, -0.2) is 0 Å². The van der Waals surface area contributed by atoms with E-state index in [1.54, 1.807) is 0 Å². The van der Waals surface area contributed by atoms with Gasteiger partial charge < -0.3 is 4.74 Å². The maximum absolute atomic E-state index is 5.85. The van der Waals surface area contributed by atoms with Gasteiger partial charge in [0.2, 0.25) is 0 Å². The Kier molecular flexibility index (Phi) is 4.71. The number of hydrogen-bond donors (Lipinski definition) is 2. The molecule has 1 saturated carbocycles. The van der Waals surface area contributed by atoms with Crippen LogP contribution in [-0.2, 0) is 4.74 Å². The number of nitrogens with two attached hydrogens (primary N) is 1. The Labute approximate surface area is 121 Å². The van der Waals surface area contributed by atoms with Crippen LogP contribution in [0.25, 0.3) is 0 Å². The van der Waals surface area contributed by atoms with E-state index in [9.17, 15) is 0 Å². The van der Waals surface area contributed by atoms with E-state index >= 15 is 0 Å². The summed E-state index contributed by atoms with van der Waals surface area (Å²) in [6.07, 6.45) is 9.05. The highest BCUT2D eigenvalue weighted by molar-refractivity contribution is 5.29. The second-order valence-electron chi connectivity index (χ2n) is 6.24. The smallest absolute Gasteiger partial charge is 0.0593 e. The normalized spacial score (nSPS) is 25.1. The molecule has 1 aromatic carbocycles. The molecule has 0 aromatic heterocycles. The predicted octanol–water partition coefficient (Wildman–Crippen LogP) is 3.42. The van der Waals surface area contributed by atoms with Gasteiger partial charge in [-0.3, -0.25) is 11.3 Å². The molecular weight excluding hydrogens is 248 g/mol. The number of rotatable bonds is 5. The number of ether oxygens (including phenoxy) is 1. The molecular formula is C17H26N2O. The van der Waals surface area contributed by atoms with E-state index in [0.29, 0.717) is 6.10 Å². The monoisotopic (exact) mass is 274 g/mol. The topological polar surface area (TPSA) is 47.3 Å². The Balaban J connectivity index is 1.67. The predicted molar refractivity (Wildman–Crippen MR) is 81.3 cm³/mol. The third-order valence-electron chi connectivity index (χ3n) is 4.86. The molecule has 3 heteroatoms. The molecule has 1 saturated heterocycles. The lowest BCUT2D eigenvalue weighted by Gasteiger charge is -2.29. The third kappa shape index (κ3) is 3.22. The first-order valence-electron chi connectivity index (χ1n) is 8.04. The molecule has 1 aliphatic heterocycles. The van der Waals surface area contributed by atoms with Crippen molar-refractivity contribution >= 4 is 0 Å². The van der Waals surface area contributed by atoms with Gasteiger partial charge in [-0.1, -0.05) is 30.7 Å². The molecule has 1 heterocycles. The fraction of sp³-hybridized carbons (Fsp3) is 0.647. The van der Waals surface area contributed by atoms with E-state index in [2.05, 4.69) is 29.7 Å². The first-order valence-corrected chi connectivity index (χ1v) is 8.04. The molecule has 1 aromatic rings. The van der Waals surface area contributed by atoms with Crippen molar-refractivity contribution in [1.82, 2.24) is 5.43 Å². The van der Waals surface area contributed by atoms with Crippen molar-refractivity contribution in [2.75, 3.05) is 6.61 Å². The summed E-state index contributed by atoms with van der Waals surface area (Å²) in [5.74, 6) is 6.57. The van der Waals surface area contributed by atoms with Crippen LogP contribution in [0.5, 0.6) is 0 Å². The molecule has 2 aliphatic rings. The van der Waals surface area contributed by atoms with Gasteiger partial charge in [0.1, 0.15) is 0 Å². The van der Waals surface area contributed by atoms with Crippen LogP contribution in [-0.4, -0.2) is 12.7 Å². The van der Waals surface area contributed by atoms with Gasteiger partial charge in [0.25, 0.3) is 0 Å². The number of hydrazine groups is 1. The van der Waals surface area contributed by atoms with E-state index in [1.807, 2.05) is 0 Å². The van der Waals surface area contributed by atoms with Gasteiger partial charge in [0.15, 0.2) is 0 Å². The minimum atomic E-state index is 0.207. The largest absolute Gasteiger partial charge is 0.378 e. The molecule has 1 aliphatic carbocycles. The third-order valence-corrected chi connectivity index (χ3v) is 4.86. The Morgan fingerprint density at radius 1 is 1.20 bits per heavy atom. The highest BCUT2D eigenvalue weighted by Crippen LogP contribution is 2.37. The second kappa shape index (κ2) is 6.70. The Hall–Kier alpha value is -0.900. The lowest BCUT2D eigenvalue weighted by atomic mass is 9.79. The molecule has 0 spiro atoms. The van der Waals surface area contributed by atoms with Gasteiger partial charge in [-0.05, 0) is 55.6 Å². The van der Waals surface area contributed by atoms with E-state index in [1.165, 1.54) is 49.7 Å². The van der Waals surface area contributed by atoms with Crippen LogP contribution in [0.2, 0.25) is 0 Å². The number of nitrogens with one attached hydrogen (secondary N) is 1. The van der Waals surface area contributed by atoms with Crippen LogP contribution >= 0.6 is 0 Å². The summed E-state index contributed by atoms with van der Waals surface area (Å²) >= 11 is 0. The summed E-state index contributed by atoms with van der Waals surface area (Å²) in [5, 5.41) is 0. The molecule has 110 valence electrons. The van der Waals surface area contributed by atoms with Gasteiger partial charge >= 0.3 is 0 Å². The van der Waals surface area contributed by atoms with Crippen LogP contribution in [0.3, 0.4) is 0 Å². The van der Waals surface area contributed by atoms with E-state index in [4.69, 9.17) is 10.6 Å². The zero-order valence-electron chi connectivity index (χ0n) is 12.2. The fourth-order valence-electron chi connectivity index (χ4n) is 3.33. The zero-order valence-corrected chi connectivity index (χ0v) is 12.2. The summed E-state index contributed by atoms with van der Waals surface area (Å²) in [5.41, 5.74) is 5.78. The maximum Gasteiger partial charge on any atom is 0.0593 e. The summed E-state index contributed by atoms with van der Waals surface area (Å²) in [6, 6.07) is 9.18. The average Bonchev–Trinajstić information content (AvgIpc) is 2.44. The van der Waals surface area contributed by atoms with Crippen LogP contribution in [0, 0.1) is 0 Å². The van der Waals surface area contributed by atoms with Gasteiger partial charge in [-0.2, -0.15) is 0 Å². The lowest BCUT2D eigenvalue weighted by Crippen LogP contribution is -2.33. The first kappa shape index (κ1) is 14.1. The fourth-order valence-corrected chi connectivity index (χ4v) is 3.33. The van der Waals surface area contributed by atoms with Crippen LogP contribution < -0.4 is 11.3 Å². The summed E-state index contributed by atoms with van der Waals surface area (Å²) in [6.45, 7) is 0.907. The molecule has 0 amide bonds.